The first-order chi connectivity index (χ1) is 8.37. The minimum atomic E-state index is 0.658. The highest BCUT2D eigenvalue weighted by Crippen LogP contribution is 2.61. The van der Waals surface area contributed by atoms with Gasteiger partial charge in [0.2, 0.25) is 0 Å². The van der Waals surface area contributed by atoms with E-state index < -0.39 is 0 Å². The number of anilines is 1. The van der Waals surface area contributed by atoms with Crippen LogP contribution in [0.1, 0.15) is 25.7 Å². The molecule has 2 aliphatic carbocycles. The molecule has 2 nitrogen and oxygen atoms in total. The lowest BCUT2D eigenvalue weighted by Gasteiger charge is -2.14. The van der Waals surface area contributed by atoms with Gasteiger partial charge in [-0.15, -0.1) is 0 Å². The Morgan fingerprint density at radius 3 is 2.88 bits per heavy atom. The van der Waals surface area contributed by atoms with Gasteiger partial charge in [-0.2, -0.15) is 4.37 Å². The van der Waals surface area contributed by atoms with E-state index in [1.54, 1.807) is 11.5 Å². The van der Waals surface area contributed by atoms with Crippen LogP contribution < -0.4 is 5.32 Å². The van der Waals surface area contributed by atoms with Crippen LogP contribution in [0.4, 0.5) is 5.00 Å². The number of hydrogen-bond donors (Lipinski definition) is 1. The fourth-order valence-electron chi connectivity index (χ4n) is 2.86. The summed E-state index contributed by atoms with van der Waals surface area (Å²) in [4.78, 5) is 0. The molecule has 1 aromatic carbocycles. The van der Waals surface area contributed by atoms with Crippen molar-refractivity contribution in [2.45, 2.75) is 25.7 Å². The summed E-state index contributed by atoms with van der Waals surface area (Å²) in [5, 5.41) is 6.19. The number of hydrogen-bond acceptors (Lipinski definition) is 3. The summed E-state index contributed by atoms with van der Waals surface area (Å²) >= 11 is 1.60. The fourth-order valence-corrected chi connectivity index (χ4v) is 3.62. The predicted molar refractivity (Wildman–Crippen MR) is 72.5 cm³/mol. The van der Waals surface area contributed by atoms with Crippen molar-refractivity contribution < 1.29 is 0 Å². The van der Waals surface area contributed by atoms with Gasteiger partial charge in [0.1, 0.15) is 5.00 Å². The first kappa shape index (κ1) is 9.89. The van der Waals surface area contributed by atoms with Crippen LogP contribution in [0, 0.1) is 11.3 Å². The van der Waals surface area contributed by atoms with Crippen LogP contribution in [0.15, 0.2) is 24.3 Å². The van der Waals surface area contributed by atoms with Crippen molar-refractivity contribution in [2.24, 2.45) is 11.3 Å². The Kier molecular flexibility index (Phi) is 2.01. The molecule has 0 saturated heterocycles. The van der Waals surface area contributed by atoms with Gasteiger partial charge in [-0.3, -0.25) is 0 Å². The van der Waals surface area contributed by atoms with Gasteiger partial charge in [0.15, 0.2) is 0 Å². The summed E-state index contributed by atoms with van der Waals surface area (Å²) in [6.07, 6.45) is 5.79. The monoisotopic (exact) mass is 244 g/mol. The maximum atomic E-state index is 4.48. The normalized spacial score (nSPS) is 21.6. The molecule has 2 aliphatic rings. The van der Waals surface area contributed by atoms with Gasteiger partial charge < -0.3 is 5.32 Å². The third-order valence-electron chi connectivity index (χ3n) is 4.32. The van der Waals surface area contributed by atoms with E-state index in [1.165, 1.54) is 36.1 Å². The van der Waals surface area contributed by atoms with E-state index in [-0.39, 0.29) is 0 Å². The van der Waals surface area contributed by atoms with Crippen LogP contribution in [0.3, 0.4) is 0 Å². The van der Waals surface area contributed by atoms with Crippen molar-refractivity contribution >= 4 is 27.4 Å². The Morgan fingerprint density at radius 2 is 2.12 bits per heavy atom. The van der Waals surface area contributed by atoms with E-state index >= 15 is 0 Å². The summed E-state index contributed by atoms with van der Waals surface area (Å²) in [5.74, 6) is 1.02. The Labute approximate surface area is 105 Å². The molecule has 4 rings (SSSR count). The zero-order valence-electron chi connectivity index (χ0n) is 9.78. The number of nitrogens with one attached hydrogen (secondary N) is 1. The van der Waals surface area contributed by atoms with E-state index in [2.05, 4.69) is 34.0 Å². The second kappa shape index (κ2) is 3.45. The van der Waals surface area contributed by atoms with Crippen LogP contribution in [-0.2, 0) is 0 Å². The second-order valence-electron chi connectivity index (χ2n) is 5.52. The molecule has 1 aromatic heterocycles. The highest BCUT2D eigenvalue weighted by molar-refractivity contribution is 7.11. The molecular formula is C14H16N2S. The first-order valence-corrected chi connectivity index (χ1v) is 7.23. The highest BCUT2D eigenvalue weighted by atomic mass is 32.1. The van der Waals surface area contributed by atoms with Crippen molar-refractivity contribution in [2.75, 3.05) is 11.9 Å². The average Bonchev–Trinajstić information content (AvgIpc) is 3.24. The van der Waals surface area contributed by atoms with Gasteiger partial charge in [0, 0.05) is 11.9 Å². The molecule has 17 heavy (non-hydrogen) atoms. The molecular weight excluding hydrogens is 228 g/mol. The van der Waals surface area contributed by atoms with Crippen LogP contribution in [-0.4, -0.2) is 10.9 Å². The molecule has 0 spiro atoms. The Hall–Kier alpha value is -1.09. The zero-order valence-corrected chi connectivity index (χ0v) is 10.6. The Balaban J connectivity index is 1.55. The number of aromatic nitrogens is 1. The van der Waals surface area contributed by atoms with Crippen LogP contribution in [0.2, 0.25) is 0 Å². The van der Waals surface area contributed by atoms with Crippen molar-refractivity contribution in [1.82, 2.24) is 4.37 Å². The molecule has 0 bridgehead atoms. The van der Waals surface area contributed by atoms with Gasteiger partial charge in [0.05, 0.1) is 5.52 Å². The third-order valence-corrected chi connectivity index (χ3v) is 5.16. The second-order valence-corrected chi connectivity index (χ2v) is 6.29. The standard InChI is InChI=1S/C14H16N2S/c1-2-4-12-11(3-1)13(17-16-12)15-9-14(7-8-14)10-5-6-10/h1-4,10,15H,5-9H2. The fraction of sp³-hybridized carbons (Fsp3) is 0.500. The molecule has 88 valence electrons. The molecule has 0 amide bonds. The van der Waals surface area contributed by atoms with E-state index in [9.17, 15) is 0 Å². The van der Waals surface area contributed by atoms with Crippen molar-refractivity contribution in [1.29, 1.82) is 0 Å². The molecule has 1 heterocycles. The summed E-state index contributed by atoms with van der Waals surface area (Å²) in [5.41, 5.74) is 1.78. The molecule has 1 N–H and O–H groups in total. The van der Waals surface area contributed by atoms with Crippen molar-refractivity contribution in [3.8, 4) is 0 Å². The molecule has 2 aromatic rings. The van der Waals surface area contributed by atoms with Gasteiger partial charge >= 0.3 is 0 Å². The first-order valence-electron chi connectivity index (χ1n) is 6.46. The number of fused-ring (bicyclic) bond motifs is 1. The quantitative estimate of drug-likeness (QED) is 0.882. The molecule has 0 radical (unpaired) electrons. The molecule has 0 unspecified atom stereocenters. The van der Waals surface area contributed by atoms with Gasteiger partial charge in [-0.05, 0) is 60.7 Å². The van der Waals surface area contributed by atoms with Gasteiger partial charge in [0.25, 0.3) is 0 Å². The number of rotatable bonds is 4. The van der Waals surface area contributed by atoms with Crippen LogP contribution in [0.25, 0.3) is 10.9 Å². The van der Waals surface area contributed by atoms with E-state index in [0.29, 0.717) is 5.41 Å². The molecule has 0 aliphatic heterocycles. The van der Waals surface area contributed by atoms with Crippen molar-refractivity contribution in [3.05, 3.63) is 24.3 Å². The molecule has 0 atom stereocenters. The average molecular weight is 244 g/mol. The number of benzene rings is 1. The Morgan fingerprint density at radius 1 is 1.29 bits per heavy atom. The van der Waals surface area contributed by atoms with Crippen LogP contribution in [0.5, 0.6) is 0 Å². The highest BCUT2D eigenvalue weighted by Gasteiger charge is 2.53. The lowest BCUT2D eigenvalue weighted by molar-refractivity contribution is 0.467. The van der Waals surface area contributed by atoms with Gasteiger partial charge in [-0.25, -0.2) is 0 Å². The van der Waals surface area contributed by atoms with E-state index in [0.717, 1.165) is 18.0 Å². The topological polar surface area (TPSA) is 24.9 Å². The zero-order chi connectivity index (χ0) is 11.3. The largest absolute Gasteiger partial charge is 0.375 e. The predicted octanol–water partition coefficient (Wildman–Crippen LogP) is 3.90. The van der Waals surface area contributed by atoms with Crippen molar-refractivity contribution in [3.63, 3.8) is 0 Å². The summed E-state index contributed by atoms with van der Waals surface area (Å²) in [6.45, 7) is 1.16. The van der Waals surface area contributed by atoms with Crippen LogP contribution >= 0.6 is 11.5 Å². The maximum absolute atomic E-state index is 4.48. The van der Waals surface area contributed by atoms with E-state index in [4.69, 9.17) is 0 Å². The van der Waals surface area contributed by atoms with Gasteiger partial charge in [-0.1, -0.05) is 12.1 Å². The third kappa shape index (κ3) is 1.64. The molecule has 2 saturated carbocycles. The smallest absolute Gasteiger partial charge is 0.117 e. The maximum Gasteiger partial charge on any atom is 0.117 e. The molecule has 2 fully saturated rings. The summed E-state index contributed by atoms with van der Waals surface area (Å²) < 4.78 is 4.48. The lowest BCUT2D eigenvalue weighted by atomic mass is 10.0. The Bertz CT molecular complexity index is 552. The minimum Gasteiger partial charge on any atom is -0.375 e. The lowest BCUT2D eigenvalue weighted by Crippen LogP contribution is -2.16. The SMILES string of the molecule is c1ccc2c(NCC3(C4CC4)CC3)snc2c1. The molecule has 3 heteroatoms. The number of nitrogens with zero attached hydrogens (tertiary/aromatic N) is 1. The summed E-state index contributed by atoms with van der Waals surface area (Å²) in [7, 11) is 0. The van der Waals surface area contributed by atoms with E-state index in [1.807, 2.05) is 0 Å². The summed E-state index contributed by atoms with van der Waals surface area (Å²) in [6, 6.07) is 8.40. The minimum absolute atomic E-state index is 0.658.